The van der Waals surface area contributed by atoms with E-state index in [1.54, 1.807) is 13.2 Å². The first kappa shape index (κ1) is 22.1. The van der Waals surface area contributed by atoms with Gasteiger partial charge in [0.25, 0.3) is 0 Å². The topological polar surface area (TPSA) is 103 Å². The molecule has 1 aliphatic rings. The summed E-state index contributed by atoms with van der Waals surface area (Å²) in [6.45, 7) is 0. The molecule has 31 heavy (non-hydrogen) atoms. The van der Waals surface area contributed by atoms with Gasteiger partial charge in [-0.15, -0.1) is 20.7 Å². The third-order valence-electron chi connectivity index (χ3n) is 5.69. The Morgan fingerprint density at radius 1 is 1.39 bits per heavy atom. The van der Waals surface area contributed by atoms with Crippen LogP contribution in [0.15, 0.2) is 40.9 Å². The molecule has 166 valence electrons. The average Bonchev–Trinajstić information content (AvgIpc) is 3.41. The summed E-state index contributed by atoms with van der Waals surface area (Å²) in [6, 6.07) is 5.46. The summed E-state index contributed by atoms with van der Waals surface area (Å²) in [5, 5.41) is 7.29. The molecule has 4 N–H and O–H groups in total. The number of benzene rings is 1. The quantitative estimate of drug-likeness (QED) is 0.180. The monoisotopic (exact) mass is 461 g/mol. The van der Waals surface area contributed by atoms with Crippen molar-refractivity contribution >= 4 is 51.0 Å². The van der Waals surface area contributed by atoms with Gasteiger partial charge >= 0.3 is 0 Å². The Kier molecular flexibility index (Phi) is 7.46. The lowest BCUT2D eigenvalue weighted by molar-refractivity contribution is -0.237. The number of fused-ring (bicyclic) bond motifs is 1. The molecule has 1 fully saturated rings. The van der Waals surface area contributed by atoms with Crippen molar-refractivity contribution in [3.63, 3.8) is 0 Å². The third-order valence-corrected chi connectivity index (χ3v) is 6.96. The van der Waals surface area contributed by atoms with E-state index in [1.165, 1.54) is 30.6 Å². The molecule has 10 heteroatoms. The predicted octanol–water partition coefficient (Wildman–Crippen LogP) is 4.92. The van der Waals surface area contributed by atoms with Crippen LogP contribution in [0.1, 0.15) is 44.6 Å². The van der Waals surface area contributed by atoms with Gasteiger partial charge in [0.1, 0.15) is 11.9 Å². The SMILES string of the molecule is CNOOSc1ccc2cn(C(CC3CCCCC3)C(=O)Nc3nccs3)c(N)c2c1. The Bertz CT molecular complexity index is 1000. The number of rotatable bonds is 9. The second-order valence-electron chi connectivity index (χ2n) is 7.69. The first-order valence-electron chi connectivity index (χ1n) is 10.4. The maximum absolute atomic E-state index is 13.3. The lowest BCUT2D eigenvalue weighted by Crippen LogP contribution is -2.29. The molecule has 4 rings (SSSR count). The molecule has 3 aromatic rings. The van der Waals surface area contributed by atoms with Crippen molar-refractivity contribution in [3.8, 4) is 0 Å². The second kappa shape index (κ2) is 10.5. The molecule has 2 aromatic heterocycles. The number of nitrogens with zero attached hydrogens (tertiary/aromatic N) is 2. The highest BCUT2D eigenvalue weighted by atomic mass is 32.2. The number of amides is 1. The van der Waals surface area contributed by atoms with Crippen molar-refractivity contribution in [2.45, 2.75) is 49.5 Å². The van der Waals surface area contributed by atoms with Gasteiger partial charge in [0, 0.05) is 40.5 Å². The van der Waals surface area contributed by atoms with Crippen LogP contribution in [0.3, 0.4) is 0 Å². The van der Waals surface area contributed by atoms with Gasteiger partial charge in [-0.1, -0.05) is 38.2 Å². The molecule has 0 saturated heterocycles. The summed E-state index contributed by atoms with van der Waals surface area (Å²) in [7, 11) is 1.62. The molecule has 1 amide bonds. The van der Waals surface area contributed by atoms with Gasteiger partial charge in [-0.3, -0.25) is 4.79 Å². The number of carbonyl (C=O) groups excluding carboxylic acids is 1. The van der Waals surface area contributed by atoms with Gasteiger partial charge in [0.2, 0.25) is 5.91 Å². The fourth-order valence-electron chi connectivity index (χ4n) is 4.19. The van der Waals surface area contributed by atoms with Crippen molar-refractivity contribution in [2.75, 3.05) is 18.1 Å². The maximum atomic E-state index is 13.3. The molecule has 8 nitrogen and oxygen atoms in total. The summed E-state index contributed by atoms with van der Waals surface area (Å²) in [4.78, 5) is 23.0. The van der Waals surface area contributed by atoms with E-state index in [9.17, 15) is 4.79 Å². The highest BCUT2D eigenvalue weighted by molar-refractivity contribution is 7.94. The van der Waals surface area contributed by atoms with Crippen molar-refractivity contribution < 1.29 is 14.1 Å². The zero-order valence-electron chi connectivity index (χ0n) is 17.4. The highest BCUT2D eigenvalue weighted by Crippen LogP contribution is 2.36. The summed E-state index contributed by atoms with van der Waals surface area (Å²) in [5.41, 5.74) is 9.01. The van der Waals surface area contributed by atoms with Crippen LogP contribution in [0, 0.1) is 5.92 Å². The summed E-state index contributed by atoms with van der Waals surface area (Å²) < 4.78 is 6.92. The molecular formula is C21H27N5O3S2. The smallest absolute Gasteiger partial charge is 0.249 e. The number of anilines is 2. The van der Waals surface area contributed by atoms with Crippen molar-refractivity contribution in [2.24, 2.45) is 5.92 Å². The molecule has 0 aliphatic heterocycles. The number of carbonyl (C=O) groups is 1. The summed E-state index contributed by atoms with van der Waals surface area (Å²) in [6.07, 6.45) is 10.5. The van der Waals surface area contributed by atoms with Crippen LogP contribution < -0.4 is 16.5 Å². The molecular weight excluding hydrogens is 434 g/mol. The van der Waals surface area contributed by atoms with E-state index >= 15 is 0 Å². The normalized spacial score (nSPS) is 15.9. The first-order valence-corrected chi connectivity index (χ1v) is 12.0. The lowest BCUT2D eigenvalue weighted by Gasteiger charge is -2.27. The molecule has 1 saturated carbocycles. The molecule has 1 unspecified atom stereocenters. The van der Waals surface area contributed by atoms with E-state index in [0.29, 0.717) is 16.9 Å². The lowest BCUT2D eigenvalue weighted by atomic mass is 9.84. The number of nitrogen functional groups attached to an aromatic ring is 1. The summed E-state index contributed by atoms with van der Waals surface area (Å²) in [5.74, 6) is 1.01. The zero-order valence-corrected chi connectivity index (χ0v) is 19.0. The van der Waals surface area contributed by atoms with Gasteiger partial charge in [-0.05, 0) is 24.5 Å². The molecule has 0 bridgehead atoms. The minimum atomic E-state index is -0.389. The molecule has 2 heterocycles. The number of hydrogen-bond donors (Lipinski definition) is 3. The number of aromatic nitrogens is 2. The van der Waals surface area contributed by atoms with Crippen LogP contribution in [0.2, 0.25) is 0 Å². The van der Waals surface area contributed by atoms with Crippen molar-refractivity contribution in [1.29, 1.82) is 0 Å². The minimum Gasteiger partial charge on any atom is -0.385 e. The Morgan fingerprint density at radius 3 is 2.97 bits per heavy atom. The van der Waals surface area contributed by atoms with E-state index in [1.807, 2.05) is 34.3 Å². The zero-order chi connectivity index (χ0) is 21.6. The Labute approximate surface area is 189 Å². The van der Waals surface area contributed by atoms with Crippen molar-refractivity contribution in [1.82, 2.24) is 15.0 Å². The average molecular weight is 462 g/mol. The number of nitrogens with one attached hydrogen (secondary N) is 2. The van der Waals surface area contributed by atoms with Gasteiger partial charge in [-0.25, -0.2) is 4.98 Å². The second-order valence-corrected chi connectivity index (χ2v) is 9.36. The molecule has 0 radical (unpaired) electrons. The fraction of sp³-hybridized carbons (Fsp3) is 0.429. The molecule has 0 spiro atoms. The number of hydroxylamine groups is 1. The summed E-state index contributed by atoms with van der Waals surface area (Å²) >= 11 is 2.50. The Morgan fingerprint density at radius 2 is 2.23 bits per heavy atom. The van der Waals surface area contributed by atoms with E-state index in [2.05, 4.69) is 15.8 Å². The van der Waals surface area contributed by atoms with Gasteiger partial charge in [-0.2, -0.15) is 5.48 Å². The molecule has 1 aromatic carbocycles. The number of nitrogens with two attached hydrogens (primary N) is 1. The molecule has 1 aliphatic carbocycles. The number of hydrogen-bond acceptors (Lipinski definition) is 8. The van der Waals surface area contributed by atoms with Crippen LogP contribution in [0.25, 0.3) is 10.8 Å². The van der Waals surface area contributed by atoms with Crippen LogP contribution in [-0.2, 0) is 14.1 Å². The Hall–Kier alpha value is -2.11. The van der Waals surface area contributed by atoms with E-state index in [-0.39, 0.29) is 11.9 Å². The van der Waals surface area contributed by atoms with E-state index in [0.717, 1.165) is 47.0 Å². The van der Waals surface area contributed by atoms with Crippen LogP contribution in [-0.4, -0.2) is 22.5 Å². The predicted molar refractivity (Wildman–Crippen MR) is 124 cm³/mol. The van der Waals surface area contributed by atoms with Gasteiger partial charge < -0.3 is 15.6 Å². The van der Waals surface area contributed by atoms with Crippen molar-refractivity contribution in [3.05, 3.63) is 36.0 Å². The largest absolute Gasteiger partial charge is 0.385 e. The van der Waals surface area contributed by atoms with E-state index in [4.69, 9.17) is 15.1 Å². The maximum Gasteiger partial charge on any atom is 0.249 e. The first-order chi connectivity index (χ1) is 15.2. The standard InChI is InChI=1S/C21H27N5O3S2/c1-23-28-29-31-16-8-7-15-13-26(19(22)17(15)12-16)18(11-14-5-3-2-4-6-14)20(27)25-21-24-9-10-30-21/h7-10,12-14,18,23H,2-6,11,22H2,1H3,(H,24,25,27). The number of thiazole rings is 1. The van der Waals surface area contributed by atoms with E-state index < -0.39 is 0 Å². The van der Waals surface area contributed by atoms with Crippen LogP contribution in [0.5, 0.6) is 0 Å². The van der Waals surface area contributed by atoms with Gasteiger partial charge in [0.05, 0.1) is 12.0 Å². The minimum absolute atomic E-state index is 0.0760. The Balaban J connectivity index is 1.62. The third kappa shape index (κ3) is 5.39. The molecule has 1 atom stereocenters. The highest BCUT2D eigenvalue weighted by Gasteiger charge is 2.28. The van der Waals surface area contributed by atoms with Gasteiger partial charge in [0.15, 0.2) is 5.13 Å². The fourth-order valence-corrected chi connectivity index (χ4v) is 5.19. The van der Waals surface area contributed by atoms with Crippen LogP contribution >= 0.6 is 23.4 Å². The van der Waals surface area contributed by atoms with Crippen LogP contribution in [0.4, 0.5) is 10.9 Å².